The van der Waals surface area contributed by atoms with Gasteiger partial charge in [-0.3, -0.25) is 4.79 Å². The molecule has 1 rings (SSSR count). The van der Waals surface area contributed by atoms with Crippen LogP contribution in [-0.4, -0.2) is 26.2 Å². The lowest BCUT2D eigenvalue weighted by Gasteiger charge is -2.27. The van der Waals surface area contributed by atoms with Crippen molar-refractivity contribution in [3.8, 4) is 0 Å². The maximum absolute atomic E-state index is 11.2. The molecule has 0 radical (unpaired) electrons. The van der Waals surface area contributed by atoms with Crippen molar-refractivity contribution in [3.63, 3.8) is 0 Å². The highest BCUT2D eigenvalue weighted by molar-refractivity contribution is 5.85. The quantitative estimate of drug-likeness (QED) is 0.692. The SMILES string of the molecule is CCC1CNCC(C(=O)OC)C1.Cl. The summed E-state index contributed by atoms with van der Waals surface area (Å²) in [5.41, 5.74) is 0. The first-order chi connectivity index (χ1) is 5.77. The van der Waals surface area contributed by atoms with Crippen LogP contribution in [0.5, 0.6) is 0 Å². The molecule has 0 spiro atoms. The van der Waals surface area contributed by atoms with E-state index in [4.69, 9.17) is 4.74 Å². The normalized spacial score (nSPS) is 27.5. The molecule has 2 unspecified atom stereocenters. The molecular weight excluding hydrogens is 190 g/mol. The summed E-state index contributed by atoms with van der Waals surface area (Å²) < 4.78 is 4.70. The molecule has 0 bridgehead atoms. The number of halogens is 1. The predicted octanol–water partition coefficient (Wildman–Crippen LogP) is 1.22. The van der Waals surface area contributed by atoms with Crippen LogP contribution in [0.25, 0.3) is 0 Å². The van der Waals surface area contributed by atoms with Gasteiger partial charge in [-0.25, -0.2) is 0 Å². The number of esters is 1. The van der Waals surface area contributed by atoms with Crippen molar-refractivity contribution in [1.29, 1.82) is 0 Å². The summed E-state index contributed by atoms with van der Waals surface area (Å²) in [5.74, 6) is 0.650. The van der Waals surface area contributed by atoms with Gasteiger partial charge in [-0.2, -0.15) is 0 Å². The van der Waals surface area contributed by atoms with E-state index in [1.807, 2.05) is 0 Å². The largest absolute Gasteiger partial charge is 0.469 e. The van der Waals surface area contributed by atoms with Crippen LogP contribution in [0, 0.1) is 11.8 Å². The van der Waals surface area contributed by atoms with E-state index in [9.17, 15) is 4.79 Å². The van der Waals surface area contributed by atoms with Gasteiger partial charge < -0.3 is 10.1 Å². The average molecular weight is 208 g/mol. The molecule has 1 heterocycles. The van der Waals surface area contributed by atoms with E-state index in [0.717, 1.165) is 25.9 Å². The third kappa shape index (κ3) is 3.53. The van der Waals surface area contributed by atoms with E-state index in [1.165, 1.54) is 7.11 Å². The molecule has 0 aliphatic carbocycles. The molecule has 1 aliphatic heterocycles. The monoisotopic (exact) mass is 207 g/mol. The topological polar surface area (TPSA) is 38.3 Å². The number of carbonyl (C=O) groups is 1. The zero-order chi connectivity index (χ0) is 8.97. The third-order valence-electron chi connectivity index (χ3n) is 2.55. The number of ether oxygens (including phenoxy) is 1. The van der Waals surface area contributed by atoms with Crippen LogP contribution >= 0.6 is 12.4 Å². The fourth-order valence-electron chi connectivity index (χ4n) is 1.69. The maximum atomic E-state index is 11.2. The Kier molecular flexibility index (Phi) is 6.08. The van der Waals surface area contributed by atoms with Crippen molar-refractivity contribution < 1.29 is 9.53 Å². The Morgan fingerprint density at radius 2 is 2.23 bits per heavy atom. The Morgan fingerprint density at radius 1 is 1.54 bits per heavy atom. The maximum Gasteiger partial charge on any atom is 0.309 e. The fraction of sp³-hybridized carbons (Fsp3) is 0.889. The average Bonchev–Trinajstić information content (AvgIpc) is 2.17. The Morgan fingerprint density at radius 3 is 2.77 bits per heavy atom. The van der Waals surface area contributed by atoms with Gasteiger partial charge in [-0.1, -0.05) is 13.3 Å². The van der Waals surface area contributed by atoms with E-state index in [2.05, 4.69) is 12.2 Å². The van der Waals surface area contributed by atoms with Crippen molar-refractivity contribution in [2.24, 2.45) is 11.8 Å². The highest BCUT2D eigenvalue weighted by atomic mass is 35.5. The van der Waals surface area contributed by atoms with E-state index in [-0.39, 0.29) is 24.3 Å². The molecule has 0 amide bonds. The predicted molar refractivity (Wildman–Crippen MR) is 54.0 cm³/mol. The molecule has 0 aromatic heterocycles. The minimum atomic E-state index is -0.0688. The molecule has 2 atom stereocenters. The number of carbonyl (C=O) groups excluding carboxylic acids is 1. The molecular formula is C9H18ClNO2. The number of hydrogen-bond acceptors (Lipinski definition) is 3. The number of methoxy groups -OCH3 is 1. The van der Waals surface area contributed by atoms with Crippen molar-refractivity contribution >= 4 is 18.4 Å². The minimum absolute atomic E-state index is 0. The molecule has 0 aromatic carbocycles. The summed E-state index contributed by atoms with van der Waals surface area (Å²) in [4.78, 5) is 11.2. The lowest BCUT2D eigenvalue weighted by atomic mass is 9.89. The van der Waals surface area contributed by atoms with Gasteiger partial charge >= 0.3 is 5.97 Å². The zero-order valence-electron chi connectivity index (χ0n) is 8.21. The summed E-state index contributed by atoms with van der Waals surface area (Å²) in [6.07, 6.45) is 2.12. The van der Waals surface area contributed by atoms with Crippen molar-refractivity contribution in [2.75, 3.05) is 20.2 Å². The molecule has 13 heavy (non-hydrogen) atoms. The van der Waals surface area contributed by atoms with Crippen molar-refractivity contribution in [3.05, 3.63) is 0 Å². The molecule has 0 aromatic rings. The van der Waals surface area contributed by atoms with E-state index in [0.29, 0.717) is 5.92 Å². The second-order valence-corrected chi connectivity index (χ2v) is 3.39. The Labute approximate surface area is 85.6 Å². The Balaban J connectivity index is 0.00000144. The van der Waals surface area contributed by atoms with E-state index >= 15 is 0 Å². The van der Waals surface area contributed by atoms with Crippen molar-refractivity contribution in [2.45, 2.75) is 19.8 Å². The van der Waals surface area contributed by atoms with Crippen LogP contribution in [0.2, 0.25) is 0 Å². The summed E-state index contributed by atoms with van der Waals surface area (Å²) >= 11 is 0. The van der Waals surface area contributed by atoms with Gasteiger partial charge in [0, 0.05) is 6.54 Å². The van der Waals surface area contributed by atoms with Crippen LogP contribution in [0.4, 0.5) is 0 Å². The number of rotatable bonds is 2. The molecule has 1 fully saturated rings. The molecule has 1 aliphatic rings. The van der Waals surface area contributed by atoms with Crippen LogP contribution in [0.3, 0.4) is 0 Å². The zero-order valence-corrected chi connectivity index (χ0v) is 9.02. The molecule has 78 valence electrons. The second-order valence-electron chi connectivity index (χ2n) is 3.39. The molecule has 1 saturated heterocycles. The van der Waals surface area contributed by atoms with Gasteiger partial charge in [0.15, 0.2) is 0 Å². The van der Waals surface area contributed by atoms with Crippen LogP contribution < -0.4 is 5.32 Å². The lowest BCUT2D eigenvalue weighted by Crippen LogP contribution is -2.39. The van der Waals surface area contributed by atoms with Gasteiger partial charge in [0.1, 0.15) is 0 Å². The first-order valence-electron chi connectivity index (χ1n) is 4.56. The van der Waals surface area contributed by atoms with E-state index in [1.54, 1.807) is 0 Å². The lowest BCUT2D eigenvalue weighted by molar-refractivity contribution is -0.146. The molecule has 1 N–H and O–H groups in total. The molecule has 3 nitrogen and oxygen atoms in total. The first-order valence-corrected chi connectivity index (χ1v) is 4.56. The van der Waals surface area contributed by atoms with Gasteiger partial charge in [0.25, 0.3) is 0 Å². The molecule has 4 heteroatoms. The van der Waals surface area contributed by atoms with Crippen LogP contribution in [0.15, 0.2) is 0 Å². The summed E-state index contributed by atoms with van der Waals surface area (Å²) in [6.45, 7) is 3.99. The van der Waals surface area contributed by atoms with Gasteiger partial charge in [-0.15, -0.1) is 12.4 Å². The smallest absolute Gasteiger partial charge is 0.309 e. The second kappa shape index (κ2) is 6.22. The highest BCUT2D eigenvalue weighted by Crippen LogP contribution is 2.19. The van der Waals surface area contributed by atoms with Crippen LogP contribution in [0.1, 0.15) is 19.8 Å². The third-order valence-corrected chi connectivity index (χ3v) is 2.55. The number of nitrogens with one attached hydrogen (secondary N) is 1. The number of hydrogen-bond donors (Lipinski definition) is 1. The van der Waals surface area contributed by atoms with Gasteiger partial charge in [0.05, 0.1) is 13.0 Å². The molecule has 0 saturated carbocycles. The van der Waals surface area contributed by atoms with Gasteiger partial charge in [-0.05, 0) is 18.9 Å². The summed E-state index contributed by atoms with van der Waals surface area (Å²) in [5, 5.41) is 3.25. The highest BCUT2D eigenvalue weighted by Gasteiger charge is 2.26. The minimum Gasteiger partial charge on any atom is -0.469 e. The van der Waals surface area contributed by atoms with Gasteiger partial charge in [0.2, 0.25) is 0 Å². The first kappa shape index (κ1) is 12.7. The Bertz CT molecular complexity index is 164. The standard InChI is InChI=1S/C9H17NO2.ClH/c1-3-7-4-8(6-10-5-7)9(11)12-2;/h7-8,10H,3-6H2,1-2H3;1H. The van der Waals surface area contributed by atoms with Crippen LogP contribution in [-0.2, 0) is 9.53 Å². The van der Waals surface area contributed by atoms with Crippen molar-refractivity contribution in [1.82, 2.24) is 5.32 Å². The summed E-state index contributed by atoms with van der Waals surface area (Å²) in [7, 11) is 1.46. The number of piperidine rings is 1. The summed E-state index contributed by atoms with van der Waals surface area (Å²) in [6, 6.07) is 0. The fourth-order valence-corrected chi connectivity index (χ4v) is 1.69. The van der Waals surface area contributed by atoms with E-state index < -0.39 is 0 Å². The Hall–Kier alpha value is -0.280.